The van der Waals surface area contributed by atoms with Crippen molar-refractivity contribution in [2.75, 3.05) is 13.6 Å². The predicted molar refractivity (Wildman–Crippen MR) is 84.9 cm³/mol. The van der Waals surface area contributed by atoms with Gasteiger partial charge < -0.3 is 5.32 Å². The maximum atomic E-state index is 12.2. The number of nitrogens with zero attached hydrogens (tertiary/aromatic N) is 1. The topological polar surface area (TPSA) is 71.1 Å². The van der Waals surface area contributed by atoms with Gasteiger partial charge in [-0.05, 0) is 24.7 Å². The molecule has 1 aromatic carbocycles. The van der Waals surface area contributed by atoms with Crippen molar-refractivity contribution < 1.29 is 8.42 Å². The molecule has 0 aliphatic carbocycles. The van der Waals surface area contributed by atoms with Crippen LogP contribution >= 0.6 is 11.3 Å². The monoisotopic (exact) mass is 325 g/mol. The van der Waals surface area contributed by atoms with E-state index < -0.39 is 10.0 Å². The fourth-order valence-corrected chi connectivity index (χ4v) is 3.70. The minimum absolute atomic E-state index is 0.0586. The zero-order chi connectivity index (χ0) is 15.3. The lowest BCUT2D eigenvalue weighted by Gasteiger charge is -2.11. The number of sulfonamides is 1. The SMILES string of the molecule is CNCc1ccc(S(=O)(=O)NCC(C)c2nccs2)cc1. The van der Waals surface area contributed by atoms with Gasteiger partial charge in [0.25, 0.3) is 0 Å². The summed E-state index contributed by atoms with van der Waals surface area (Å²) in [5.74, 6) is 0.0586. The van der Waals surface area contributed by atoms with E-state index >= 15 is 0 Å². The molecule has 0 saturated heterocycles. The van der Waals surface area contributed by atoms with Gasteiger partial charge in [-0.15, -0.1) is 11.3 Å². The Morgan fingerprint density at radius 2 is 2.00 bits per heavy atom. The number of hydrogen-bond donors (Lipinski definition) is 2. The Balaban J connectivity index is 2.01. The van der Waals surface area contributed by atoms with Crippen LogP contribution < -0.4 is 10.0 Å². The van der Waals surface area contributed by atoms with Crippen LogP contribution in [0.5, 0.6) is 0 Å². The normalized spacial score (nSPS) is 13.2. The highest BCUT2D eigenvalue weighted by molar-refractivity contribution is 7.89. The molecule has 0 amide bonds. The van der Waals surface area contributed by atoms with Crippen LogP contribution in [0.15, 0.2) is 40.7 Å². The lowest BCUT2D eigenvalue weighted by atomic mass is 10.2. The molecule has 5 nitrogen and oxygen atoms in total. The molecule has 1 atom stereocenters. The third-order valence-electron chi connectivity index (χ3n) is 3.07. The average Bonchev–Trinajstić information content (AvgIpc) is 3.00. The molecule has 1 heterocycles. The van der Waals surface area contributed by atoms with Crippen LogP contribution in [0.3, 0.4) is 0 Å². The molecule has 0 saturated carbocycles. The summed E-state index contributed by atoms with van der Waals surface area (Å²) >= 11 is 1.53. The predicted octanol–water partition coefficient (Wildman–Crippen LogP) is 1.94. The number of nitrogens with one attached hydrogen (secondary N) is 2. The van der Waals surface area contributed by atoms with Gasteiger partial charge in [0.15, 0.2) is 0 Å². The number of hydrogen-bond acceptors (Lipinski definition) is 5. The van der Waals surface area contributed by atoms with E-state index in [-0.39, 0.29) is 10.8 Å². The molecule has 2 rings (SSSR count). The van der Waals surface area contributed by atoms with Gasteiger partial charge in [-0.2, -0.15) is 0 Å². The van der Waals surface area contributed by atoms with Gasteiger partial charge in [0.1, 0.15) is 0 Å². The average molecular weight is 325 g/mol. The van der Waals surface area contributed by atoms with Crippen LogP contribution in [0.4, 0.5) is 0 Å². The van der Waals surface area contributed by atoms with Crippen molar-refractivity contribution in [3.63, 3.8) is 0 Å². The zero-order valence-electron chi connectivity index (χ0n) is 12.0. The smallest absolute Gasteiger partial charge is 0.240 e. The fourth-order valence-electron chi connectivity index (χ4n) is 1.87. The summed E-state index contributed by atoms with van der Waals surface area (Å²) in [7, 11) is -1.62. The van der Waals surface area contributed by atoms with E-state index in [1.54, 1.807) is 18.3 Å². The van der Waals surface area contributed by atoms with Gasteiger partial charge >= 0.3 is 0 Å². The molecular formula is C14H19N3O2S2. The van der Waals surface area contributed by atoms with Gasteiger partial charge in [-0.1, -0.05) is 19.1 Å². The third kappa shape index (κ3) is 4.34. The van der Waals surface area contributed by atoms with E-state index in [0.717, 1.165) is 17.1 Å². The summed E-state index contributed by atoms with van der Waals surface area (Å²) in [6.07, 6.45) is 1.73. The van der Waals surface area contributed by atoms with Crippen LogP contribution in [0, 0.1) is 0 Å². The largest absolute Gasteiger partial charge is 0.316 e. The number of benzene rings is 1. The molecule has 0 bridgehead atoms. The quantitative estimate of drug-likeness (QED) is 0.816. The molecular weight excluding hydrogens is 306 g/mol. The Labute approximate surface area is 129 Å². The van der Waals surface area contributed by atoms with E-state index in [1.165, 1.54) is 11.3 Å². The second-order valence-electron chi connectivity index (χ2n) is 4.80. The molecule has 0 aliphatic heterocycles. The summed E-state index contributed by atoms with van der Waals surface area (Å²) in [5, 5.41) is 5.85. The molecule has 1 aromatic heterocycles. The maximum absolute atomic E-state index is 12.2. The first-order valence-electron chi connectivity index (χ1n) is 6.65. The molecule has 114 valence electrons. The summed E-state index contributed by atoms with van der Waals surface area (Å²) in [6.45, 7) is 3.01. The van der Waals surface area contributed by atoms with Gasteiger partial charge in [-0.3, -0.25) is 0 Å². The third-order valence-corrected chi connectivity index (χ3v) is 5.51. The summed E-state index contributed by atoms with van der Waals surface area (Å²) in [5.41, 5.74) is 1.05. The van der Waals surface area contributed by atoms with Crippen LogP contribution in [0.1, 0.15) is 23.4 Å². The molecule has 0 fully saturated rings. The first-order chi connectivity index (χ1) is 10.0. The Morgan fingerprint density at radius 1 is 1.29 bits per heavy atom. The molecule has 2 N–H and O–H groups in total. The molecule has 1 unspecified atom stereocenters. The van der Waals surface area contributed by atoms with Crippen molar-refractivity contribution in [2.24, 2.45) is 0 Å². The first-order valence-corrected chi connectivity index (χ1v) is 9.02. The van der Waals surface area contributed by atoms with Crippen molar-refractivity contribution in [3.05, 3.63) is 46.4 Å². The van der Waals surface area contributed by atoms with Crippen LogP contribution in [-0.4, -0.2) is 27.0 Å². The molecule has 21 heavy (non-hydrogen) atoms. The highest BCUT2D eigenvalue weighted by atomic mass is 32.2. The highest BCUT2D eigenvalue weighted by Gasteiger charge is 2.16. The van der Waals surface area contributed by atoms with Crippen molar-refractivity contribution in [3.8, 4) is 0 Å². The molecule has 0 spiro atoms. The lowest BCUT2D eigenvalue weighted by molar-refractivity contribution is 0.574. The van der Waals surface area contributed by atoms with Crippen LogP contribution in [-0.2, 0) is 16.6 Å². The number of thiazole rings is 1. The van der Waals surface area contributed by atoms with E-state index in [1.807, 2.05) is 31.5 Å². The number of aromatic nitrogens is 1. The fraction of sp³-hybridized carbons (Fsp3) is 0.357. The Bertz CT molecular complexity index is 652. The highest BCUT2D eigenvalue weighted by Crippen LogP contribution is 2.18. The van der Waals surface area contributed by atoms with Crippen LogP contribution in [0.2, 0.25) is 0 Å². The van der Waals surface area contributed by atoms with Crippen molar-refractivity contribution in [1.29, 1.82) is 0 Å². The summed E-state index contributed by atoms with van der Waals surface area (Å²) in [6, 6.07) is 6.89. The van der Waals surface area contributed by atoms with E-state index in [4.69, 9.17) is 0 Å². The van der Waals surface area contributed by atoms with Gasteiger partial charge in [-0.25, -0.2) is 18.1 Å². The number of rotatable bonds is 7. The van der Waals surface area contributed by atoms with Gasteiger partial charge in [0.05, 0.1) is 9.90 Å². The molecule has 0 radical (unpaired) electrons. The van der Waals surface area contributed by atoms with Gasteiger partial charge in [0.2, 0.25) is 10.0 Å². The second kappa shape index (κ2) is 7.13. The minimum atomic E-state index is -3.47. The Kier molecular flexibility index (Phi) is 5.46. The van der Waals surface area contributed by atoms with E-state index in [9.17, 15) is 8.42 Å². The zero-order valence-corrected chi connectivity index (χ0v) is 13.7. The van der Waals surface area contributed by atoms with E-state index in [0.29, 0.717) is 6.54 Å². The van der Waals surface area contributed by atoms with E-state index in [2.05, 4.69) is 15.0 Å². The van der Waals surface area contributed by atoms with Crippen molar-refractivity contribution >= 4 is 21.4 Å². The maximum Gasteiger partial charge on any atom is 0.240 e. The summed E-state index contributed by atoms with van der Waals surface area (Å²) < 4.78 is 27.1. The summed E-state index contributed by atoms with van der Waals surface area (Å²) in [4.78, 5) is 4.48. The van der Waals surface area contributed by atoms with Crippen molar-refractivity contribution in [2.45, 2.75) is 24.3 Å². The first kappa shape index (κ1) is 16.1. The Morgan fingerprint density at radius 3 is 2.57 bits per heavy atom. The second-order valence-corrected chi connectivity index (χ2v) is 7.49. The molecule has 2 aromatic rings. The van der Waals surface area contributed by atoms with Crippen LogP contribution in [0.25, 0.3) is 0 Å². The Hall–Kier alpha value is -1.28. The molecule has 0 aliphatic rings. The van der Waals surface area contributed by atoms with Gasteiger partial charge in [0, 0.05) is 30.6 Å². The molecule has 7 heteroatoms. The lowest BCUT2D eigenvalue weighted by Crippen LogP contribution is -2.27. The van der Waals surface area contributed by atoms with Crippen molar-refractivity contribution in [1.82, 2.24) is 15.0 Å². The standard InChI is InChI=1S/C14H19N3O2S2/c1-11(14-16-7-8-20-14)9-17-21(18,19)13-5-3-12(4-6-13)10-15-2/h3-8,11,15,17H,9-10H2,1-2H3. The minimum Gasteiger partial charge on any atom is -0.316 e.